The molecule has 0 aliphatic heterocycles. The number of rotatable bonds is 7. The molecule has 0 N–H and O–H groups in total. The molecule has 0 bridgehead atoms. The number of carbonyl (C=O) groups is 1. The minimum Gasteiger partial charge on any atom is -0.496 e. The number of hydrogen-bond donors (Lipinski definition) is 0. The van der Waals surface area contributed by atoms with Gasteiger partial charge >= 0.3 is 5.97 Å². The average molecular weight is 438 g/mol. The van der Waals surface area contributed by atoms with Gasteiger partial charge in [0, 0.05) is 18.7 Å². The van der Waals surface area contributed by atoms with Crippen molar-refractivity contribution in [3.05, 3.63) is 90.0 Å². The zero-order chi connectivity index (χ0) is 22.4. The van der Waals surface area contributed by atoms with Crippen molar-refractivity contribution in [1.82, 2.24) is 0 Å². The molecule has 3 rings (SSSR count). The van der Waals surface area contributed by atoms with Crippen LogP contribution in [-0.4, -0.2) is 28.5 Å². The highest BCUT2D eigenvalue weighted by atomic mass is 32.2. The van der Waals surface area contributed by atoms with Crippen molar-refractivity contribution in [2.24, 2.45) is 0 Å². The number of hydrogen-bond acceptors (Lipinski definition) is 5. The van der Waals surface area contributed by atoms with Gasteiger partial charge in [-0.2, -0.15) is 0 Å². The van der Waals surface area contributed by atoms with E-state index in [0.29, 0.717) is 17.2 Å². The summed E-state index contributed by atoms with van der Waals surface area (Å²) in [6, 6.07) is 20.2. The summed E-state index contributed by atoms with van der Waals surface area (Å²) < 4.78 is 37.3. The van der Waals surface area contributed by atoms with Gasteiger partial charge in [0.1, 0.15) is 11.5 Å². The molecule has 6 nitrogen and oxygen atoms in total. The van der Waals surface area contributed by atoms with Gasteiger partial charge in [-0.1, -0.05) is 35.9 Å². The second kappa shape index (κ2) is 9.49. The predicted octanol–water partition coefficient (Wildman–Crippen LogP) is 4.45. The van der Waals surface area contributed by atoms with E-state index in [1.807, 2.05) is 25.1 Å². The number of benzene rings is 3. The van der Waals surface area contributed by atoms with E-state index in [9.17, 15) is 13.2 Å². The van der Waals surface area contributed by atoms with E-state index in [1.165, 1.54) is 17.4 Å². The van der Waals surface area contributed by atoms with Gasteiger partial charge in [0.15, 0.2) is 0 Å². The van der Waals surface area contributed by atoms with Crippen molar-refractivity contribution in [2.75, 3.05) is 18.5 Å². The third-order valence-electron chi connectivity index (χ3n) is 4.64. The van der Waals surface area contributed by atoms with Crippen LogP contribution in [-0.2, 0) is 14.8 Å². The fraction of sp³-hybridized carbons (Fsp3) is 0.125. The summed E-state index contributed by atoms with van der Waals surface area (Å²) in [5.41, 5.74) is 2.18. The molecule has 3 aromatic rings. The number of aryl methyl sites for hydroxylation is 1. The summed E-state index contributed by atoms with van der Waals surface area (Å²) in [7, 11) is -0.652. The number of methoxy groups -OCH3 is 1. The van der Waals surface area contributed by atoms with Crippen LogP contribution in [0.5, 0.6) is 11.5 Å². The van der Waals surface area contributed by atoms with Crippen LogP contribution in [0.4, 0.5) is 5.69 Å². The molecule has 0 aliphatic carbocycles. The topological polar surface area (TPSA) is 72.9 Å². The van der Waals surface area contributed by atoms with Crippen LogP contribution in [0, 0.1) is 6.92 Å². The Morgan fingerprint density at radius 2 is 1.58 bits per heavy atom. The van der Waals surface area contributed by atoms with Crippen molar-refractivity contribution >= 4 is 27.8 Å². The van der Waals surface area contributed by atoms with Crippen LogP contribution in [0.2, 0.25) is 0 Å². The standard InChI is InChI=1S/C24H23NO5S/c1-18-8-15-22(16-9-18)31(27,28)25(2)20-11-13-21(14-12-20)30-24(26)17-10-19-6-4-5-7-23(19)29-3/h4-17H,1-3H3/b17-10+. The zero-order valence-corrected chi connectivity index (χ0v) is 18.3. The molecule has 160 valence electrons. The van der Waals surface area contributed by atoms with E-state index >= 15 is 0 Å². The SMILES string of the molecule is COc1ccccc1/C=C/C(=O)Oc1ccc(N(C)S(=O)(=O)c2ccc(C)cc2)cc1. The smallest absolute Gasteiger partial charge is 0.336 e. The molecule has 0 radical (unpaired) electrons. The molecule has 0 atom stereocenters. The van der Waals surface area contributed by atoms with Gasteiger partial charge in [0.25, 0.3) is 10.0 Å². The second-order valence-electron chi connectivity index (χ2n) is 6.78. The van der Waals surface area contributed by atoms with Gasteiger partial charge < -0.3 is 9.47 Å². The van der Waals surface area contributed by atoms with Crippen LogP contribution >= 0.6 is 0 Å². The summed E-state index contributed by atoms with van der Waals surface area (Å²) in [5, 5.41) is 0. The molecule has 0 saturated carbocycles. The molecular formula is C24H23NO5S. The zero-order valence-electron chi connectivity index (χ0n) is 17.5. The normalized spacial score (nSPS) is 11.3. The summed E-state index contributed by atoms with van der Waals surface area (Å²) in [6.45, 7) is 1.89. The highest BCUT2D eigenvalue weighted by Crippen LogP contribution is 2.25. The first kappa shape index (κ1) is 22.1. The number of carbonyl (C=O) groups excluding carboxylic acids is 1. The van der Waals surface area contributed by atoms with Gasteiger partial charge in [0.2, 0.25) is 0 Å². The molecule has 0 amide bonds. The van der Waals surface area contributed by atoms with Crippen molar-refractivity contribution in [2.45, 2.75) is 11.8 Å². The lowest BCUT2D eigenvalue weighted by Crippen LogP contribution is -2.26. The molecule has 0 heterocycles. The van der Waals surface area contributed by atoms with Gasteiger partial charge in [-0.3, -0.25) is 4.31 Å². The molecule has 0 spiro atoms. The van der Waals surface area contributed by atoms with Crippen LogP contribution < -0.4 is 13.8 Å². The molecular weight excluding hydrogens is 414 g/mol. The van der Waals surface area contributed by atoms with Gasteiger partial charge in [0.05, 0.1) is 17.7 Å². The predicted molar refractivity (Wildman–Crippen MR) is 121 cm³/mol. The Hall–Kier alpha value is -3.58. The fourth-order valence-corrected chi connectivity index (χ4v) is 4.04. The highest BCUT2D eigenvalue weighted by Gasteiger charge is 2.21. The molecule has 0 unspecified atom stereocenters. The van der Waals surface area contributed by atoms with E-state index in [0.717, 1.165) is 11.1 Å². The lowest BCUT2D eigenvalue weighted by Gasteiger charge is -2.19. The molecule has 0 saturated heterocycles. The van der Waals surface area contributed by atoms with E-state index < -0.39 is 16.0 Å². The van der Waals surface area contributed by atoms with Crippen LogP contribution in [0.1, 0.15) is 11.1 Å². The first-order chi connectivity index (χ1) is 14.8. The minimum atomic E-state index is -3.69. The van der Waals surface area contributed by atoms with Crippen molar-refractivity contribution in [3.8, 4) is 11.5 Å². The van der Waals surface area contributed by atoms with E-state index in [-0.39, 0.29) is 4.90 Å². The lowest BCUT2D eigenvalue weighted by molar-refractivity contribution is -0.128. The summed E-state index contributed by atoms with van der Waals surface area (Å²) in [4.78, 5) is 12.3. The molecule has 0 fully saturated rings. The van der Waals surface area contributed by atoms with Gasteiger partial charge in [-0.05, 0) is 55.5 Å². The van der Waals surface area contributed by atoms with Crippen molar-refractivity contribution in [3.63, 3.8) is 0 Å². The maximum atomic E-state index is 12.8. The van der Waals surface area contributed by atoms with Gasteiger partial charge in [-0.25, -0.2) is 13.2 Å². The maximum absolute atomic E-state index is 12.8. The van der Waals surface area contributed by atoms with E-state index in [1.54, 1.807) is 67.8 Å². The summed E-state index contributed by atoms with van der Waals surface area (Å²) in [5.74, 6) is 0.396. The van der Waals surface area contributed by atoms with Crippen molar-refractivity contribution in [1.29, 1.82) is 0 Å². The second-order valence-corrected chi connectivity index (χ2v) is 8.75. The Labute approximate surface area is 182 Å². The first-order valence-electron chi connectivity index (χ1n) is 9.50. The third-order valence-corrected chi connectivity index (χ3v) is 6.44. The van der Waals surface area contributed by atoms with Crippen LogP contribution in [0.25, 0.3) is 6.08 Å². The Bertz CT molecular complexity index is 1180. The highest BCUT2D eigenvalue weighted by molar-refractivity contribution is 7.92. The Balaban J connectivity index is 1.69. The Kier molecular flexibility index (Phi) is 6.77. The molecule has 3 aromatic carbocycles. The van der Waals surface area contributed by atoms with Crippen LogP contribution in [0.15, 0.2) is 83.8 Å². The number of anilines is 1. The number of para-hydroxylation sites is 1. The largest absolute Gasteiger partial charge is 0.496 e. The number of esters is 1. The summed E-state index contributed by atoms with van der Waals surface area (Å²) >= 11 is 0. The molecule has 0 aromatic heterocycles. The average Bonchev–Trinajstić information content (AvgIpc) is 2.78. The third kappa shape index (κ3) is 5.32. The quantitative estimate of drug-likeness (QED) is 0.310. The van der Waals surface area contributed by atoms with Gasteiger partial charge in [-0.15, -0.1) is 0 Å². The van der Waals surface area contributed by atoms with E-state index in [2.05, 4.69) is 0 Å². The monoisotopic (exact) mass is 437 g/mol. The first-order valence-corrected chi connectivity index (χ1v) is 10.9. The lowest BCUT2D eigenvalue weighted by atomic mass is 10.2. The fourth-order valence-electron chi connectivity index (χ4n) is 2.84. The molecule has 0 aliphatic rings. The Morgan fingerprint density at radius 1 is 0.935 bits per heavy atom. The van der Waals surface area contributed by atoms with Crippen LogP contribution in [0.3, 0.4) is 0 Å². The minimum absolute atomic E-state index is 0.206. The number of sulfonamides is 1. The van der Waals surface area contributed by atoms with E-state index in [4.69, 9.17) is 9.47 Å². The Morgan fingerprint density at radius 3 is 2.23 bits per heavy atom. The summed E-state index contributed by atoms with van der Waals surface area (Å²) in [6.07, 6.45) is 2.91. The number of ether oxygens (including phenoxy) is 2. The molecule has 7 heteroatoms. The maximum Gasteiger partial charge on any atom is 0.336 e. The molecule has 31 heavy (non-hydrogen) atoms. The van der Waals surface area contributed by atoms with Crippen molar-refractivity contribution < 1.29 is 22.7 Å². The number of nitrogens with zero attached hydrogens (tertiary/aromatic N) is 1.